The quantitative estimate of drug-likeness (QED) is 0.767. The molecule has 3 aliphatic heterocycles. The summed E-state index contributed by atoms with van der Waals surface area (Å²) in [6, 6.07) is 7.33. The molecule has 0 saturated carbocycles. The number of aromatic nitrogens is 2. The van der Waals surface area contributed by atoms with Crippen molar-refractivity contribution in [3.8, 4) is 5.75 Å². The molecular formula is C25H34N4O4. The van der Waals surface area contributed by atoms with Crippen molar-refractivity contribution in [2.24, 2.45) is 5.41 Å². The number of aliphatic hydroxyl groups is 1. The Morgan fingerprint density at radius 3 is 2.67 bits per heavy atom. The number of rotatable bonds is 4. The second-order valence-electron chi connectivity index (χ2n) is 9.18. The van der Waals surface area contributed by atoms with Gasteiger partial charge in [-0.2, -0.15) is 0 Å². The van der Waals surface area contributed by atoms with Crippen molar-refractivity contribution in [2.45, 2.75) is 45.1 Å². The summed E-state index contributed by atoms with van der Waals surface area (Å²) in [4.78, 5) is 34.0. The third kappa shape index (κ3) is 5.74. The first-order valence-electron chi connectivity index (χ1n) is 12.0. The van der Waals surface area contributed by atoms with Crippen LogP contribution in [-0.4, -0.2) is 75.7 Å². The fourth-order valence-electron chi connectivity index (χ4n) is 4.84. The van der Waals surface area contributed by atoms with Gasteiger partial charge in [0.15, 0.2) is 0 Å². The average Bonchev–Trinajstić information content (AvgIpc) is 3.37. The van der Waals surface area contributed by atoms with E-state index in [0.29, 0.717) is 57.1 Å². The first-order valence-corrected chi connectivity index (χ1v) is 12.0. The Labute approximate surface area is 195 Å². The molecule has 1 N–H and O–H groups in total. The number of fused-ring (bicyclic) bond motifs is 9. The van der Waals surface area contributed by atoms with Gasteiger partial charge in [-0.15, -0.1) is 0 Å². The van der Waals surface area contributed by atoms with Crippen molar-refractivity contribution >= 4 is 11.8 Å². The number of para-hydroxylation sites is 1. The highest BCUT2D eigenvalue weighted by Gasteiger charge is 2.35. The number of aliphatic hydroxyl groups excluding tert-OH is 1. The first kappa shape index (κ1) is 23.3. The van der Waals surface area contributed by atoms with E-state index in [2.05, 4.69) is 4.98 Å². The standard InChI is InChI=1S/C25H34N4O4/c30-19-25-8-3-4-12-28(23(31)7-13-27-16-11-26-20-27)17-18-33-22-6-2-1-5-21(22)24(32)29(14-9-25)15-10-25/h1-2,5-6,11,16,20,30H,3-4,7-10,12-15,17-19H2. The molecule has 33 heavy (non-hydrogen) atoms. The van der Waals surface area contributed by atoms with Crippen molar-refractivity contribution in [3.05, 3.63) is 48.5 Å². The van der Waals surface area contributed by atoms with Crippen molar-refractivity contribution in [1.82, 2.24) is 19.4 Å². The lowest BCUT2D eigenvalue weighted by atomic mass is 9.75. The number of hydrogen-bond acceptors (Lipinski definition) is 5. The minimum absolute atomic E-state index is 0.0275. The highest BCUT2D eigenvalue weighted by atomic mass is 16.5. The maximum absolute atomic E-state index is 13.2. The van der Waals surface area contributed by atoms with Crippen molar-refractivity contribution in [2.75, 3.05) is 39.4 Å². The van der Waals surface area contributed by atoms with Gasteiger partial charge in [0.05, 0.1) is 18.4 Å². The van der Waals surface area contributed by atoms with Crippen LogP contribution in [-0.2, 0) is 11.3 Å². The first-order chi connectivity index (χ1) is 16.1. The van der Waals surface area contributed by atoms with Crippen molar-refractivity contribution in [3.63, 3.8) is 0 Å². The Morgan fingerprint density at radius 1 is 1.09 bits per heavy atom. The summed E-state index contributed by atoms with van der Waals surface area (Å²) in [5.74, 6) is 0.618. The van der Waals surface area contributed by atoms with Gasteiger partial charge >= 0.3 is 0 Å². The summed E-state index contributed by atoms with van der Waals surface area (Å²) in [6.45, 7) is 3.50. The number of aryl methyl sites for hydroxylation is 1. The second-order valence-corrected chi connectivity index (χ2v) is 9.18. The van der Waals surface area contributed by atoms with Crippen LogP contribution in [0.1, 0.15) is 48.9 Å². The van der Waals surface area contributed by atoms with Crippen molar-refractivity contribution < 1.29 is 19.4 Å². The van der Waals surface area contributed by atoms with E-state index in [9.17, 15) is 14.7 Å². The van der Waals surface area contributed by atoms with Crippen LogP contribution in [0.3, 0.4) is 0 Å². The highest BCUT2D eigenvalue weighted by molar-refractivity contribution is 5.97. The van der Waals surface area contributed by atoms with Gasteiger partial charge in [0.2, 0.25) is 5.91 Å². The van der Waals surface area contributed by atoms with Gasteiger partial charge in [0, 0.05) is 51.6 Å². The predicted octanol–water partition coefficient (Wildman–Crippen LogP) is 2.58. The fourth-order valence-corrected chi connectivity index (χ4v) is 4.84. The molecule has 2 amide bonds. The normalized spacial score (nSPS) is 19.4. The molecule has 0 unspecified atom stereocenters. The zero-order valence-electron chi connectivity index (χ0n) is 19.2. The number of piperidine rings is 1. The SMILES string of the molecule is O=C(CCn1ccnc1)N1CCCCC2(CO)CCN(CC2)C(=O)c2ccccc2OCC1. The molecule has 5 rings (SSSR count). The van der Waals surface area contributed by atoms with Gasteiger partial charge in [0.1, 0.15) is 12.4 Å². The minimum Gasteiger partial charge on any atom is -0.491 e. The van der Waals surface area contributed by atoms with Gasteiger partial charge in [-0.05, 0) is 43.2 Å². The van der Waals surface area contributed by atoms with E-state index in [1.807, 2.05) is 38.8 Å². The molecule has 0 radical (unpaired) electrons. The molecule has 3 aliphatic rings. The molecule has 2 bridgehead atoms. The lowest BCUT2D eigenvalue weighted by Crippen LogP contribution is -2.44. The van der Waals surface area contributed by atoms with Crippen LogP contribution in [0.15, 0.2) is 43.0 Å². The van der Waals surface area contributed by atoms with Gasteiger partial charge < -0.3 is 24.2 Å². The summed E-state index contributed by atoms with van der Waals surface area (Å²) >= 11 is 0. The molecule has 1 fully saturated rings. The molecule has 0 atom stereocenters. The smallest absolute Gasteiger partial charge is 0.257 e. The van der Waals surface area contributed by atoms with E-state index in [0.717, 1.165) is 32.1 Å². The Hall–Kier alpha value is -2.87. The molecule has 178 valence electrons. The molecule has 1 aromatic carbocycles. The number of nitrogens with zero attached hydrogens (tertiary/aromatic N) is 4. The Bertz CT molecular complexity index is 922. The monoisotopic (exact) mass is 454 g/mol. The fraction of sp³-hybridized carbons (Fsp3) is 0.560. The van der Waals surface area contributed by atoms with E-state index >= 15 is 0 Å². The van der Waals surface area contributed by atoms with E-state index < -0.39 is 0 Å². The van der Waals surface area contributed by atoms with E-state index in [1.54, 1.807) is 18.6 Å². The largest absolute Gasteiger partial charge is 0.491 e. The van der Waals surface area contributed by atoms with Gasteiger partial charge in [0.25, 0.3) is 5.91 Å². The Morgan fingerprint density at radius 2 is 1.91 bits per heavy atom. The number of imidazole rings is 1. The number of benzene rings is 1. The van der Waals surface area contributed by atoms with Crippen molar-refractivity contribution in [1.29, 1.82) is 0 Å². The van der Waals surface area contributed by atoms with E-state index in [4.69, 9.17) is 4.74 Å². The summed E-state index contributed by atoms with van der Waals surface area (Å²) < 4.78 is 7.92. The number of carbonyl (C=O) groups is 2. The zero-order valence-corrected chi connectivity index (χ0v) is 19.2. The summed E-state index contributed by atoms with van der Waals surface area (Å²) in [5, 5.41) is 10.1. The number of carbonyl (C=O) groups excluding carboxylic acids is 2. The molecule has 2 aromatic rings. The molecular weight excluding hydrogens is 420 g/mol. The lowest BCUT2D eigenvalue weighted by molar-refractivity contribution is -0.132. The van der Waals surface area contributed by atoms with Gasteiger partial charge in [-0.1, -0.05) is 18.6 Å². The maximum atomic E-state index is 13.2. The lowest BCUT2D eigenvalue weighted by Gasteiger charge is -2.41. The summed E-state index contributed by atoms with van der Waals surface area (Å²) in [6.07, 6.45) is 10.0. The average molecular weight is 455 g/mol. The van der Waals surface area contributed by atoms with Crippen LogP contribution in [0.2, 0.25) is 0 Å². The Balaban J connectivity index is 1.49. The van der Waals surface area contributed by atoms with Gasteiger partial charge in [-0.3, -0.25) is 9.59 Å². The second kappa shape index (κ2) is 10.8. The van der Waals surface area contributed by atoms with E-state index in [-0.39, 0.29) is 23.8 Å². The number of amides is 2. The van der Waals surface area contributed by atoms with Crippen LogP contribution in [0.4, 0.5) is 0 Å². The van der Waals surface area contributed by atoms with Gasteiger partial charge in [-0.25, -0.2) is 4.98 Å². The predicted molar refractivity (Wildman–Crippen MR) is 124 cm³/mol. The number of hydrogen-bond donors (Lipinski definition) is 1. The summed E-state index contributed by atoms with van der Waals surface area (Å²) in [7, 11) is 0. The zero-order chi connectivity index (χ0) is 23.1. The maximum Gasteiger partial charge on any atom is 0.257 e. The molecule has 1 saturated heterocycles. The number of ether oxygens (including phenoxy) is 1. The topological polar surface area (TPSA) is 87.9 Å². The van der Waals surface area contributed by atoms with Crippen LogP contribution in [0, 0.1) is 5.41 Å². The third-order valence-corrected chi connectivity index (χ3v) is 7.06. The molecule has 8 nitrogen and oxygen atoms in total. The molecule has 0 spiro atoms. The molecule has 0 aliphatic carbocycles. The minimum atomic E-state index is -0.136. The molecule has 8 heteroatoms. The molecule has 4 heterocycles. The van der Waals surface area contributed by atoms with Crippen LogP contribution in [0.5, 0.6) is 5.75 Å². The van der Waals surface area contributed by atoms with E-state index in [1.165, 1.54) is 0 Å². The Kier molecular flexibility index (Phi) is 7.65. The van der Waals surface area contributed by atoms with Crippen LogP contribution in [0.25, 0.3) is 0 Å². The van der Waals surface area contributed by atoms with Crippen LogP contribution < -0.4 is 4.74 Å². The summed E-state index contributed by atoms with van der Waals surface area (Å²) in [5.41, 5.74) is 0.422. The van der Waals surface area contributed by atoms with Crippen LogP contribution >= 0.6 is 0 Å². The third-order valence-electron chi connectivity index (χ3n) is 7.06. The molecule has 1 aromatic heterocycles. The highest BCUT2D eigenvalue weighted by Crippen LogP contribution is 2.37.